The second-order valence-electron chi connectivity index (χ2n) is 3.63. The van der Waals surface area contributed by atoms with E-state index in [1.54, 1.807) is 10.9 Å². The average Bonchev–Trinajstić information content (AvgIpc) is 2.63. The summed E-state index contributed by atoms with van der Waals surface area (Å²) < 4.78 is 15.2. The van der Waals surface area contributed by atoms with Crippen molar-refractivity contribution >= 4 is 23.1 Å². The van der Waals surface area contributed by atoms with Crippen LogP contribution in [0.4, 0.5) is 15.9 Å². The van der Waals surface area contributed by atoms with Gasteiger partial charge in [-0.15, -0.1) is 0 Å². The Kier molecular flexibility index (Phi) is 3.28. The van der Waals surface area contributed by atoms with Crippen LogP contribution in [-0.4, -0.2) is 14.8 Å². The molecule has 0 aliphatic heterocycles. The first-order valence-electron chi connectivity index (χ1n) is 5.20. The maximum absolute atomic E-state index is 13.5. The van der Waals surface area contributed by atoms with E-state index < -0.39 is 5.82 Å². The number of rotatable bonds is 3. The first-order chi connectivity index (χ1) is 8.10. The minimum Gasteiger partial charge on any atom is -0.335 e. The molecule has 1 N–H and O–H groups in total. The Morgan fingerprint density at radius 3 is 2.94 bits per heavy atom. The minimum absolute atomic E-state index is 0.150. The van der Waals surface area contributed by atoms with Crippen molar-refractivity contribution in [2.75, 3.05) is 5.32 Å². The Balaban J connectivity index is 2.30. The summed E-state index contributed by atoms with van der Waals surface area (Å²) in [5.74, 6) is -0.333. The molecule has 0 atom stereocenters. The molecule has 0 aliphatic carbocycles. The largest absolute Gasteiger partial charge is 0.335 e. The van der Waals surface area contributed by atoms with Crippen molar-refractivity contribution in [2.45, 2.75) is 13.3 Å². The van der Waals surface area contributed by atoms with E-state index in [2.05, 4.69) is 15.4 Å². The number of hydrogen-bond acceptors (Lipinski definition) is 3. The van der Waals surface area contributed by atoms with Crippen molar-refractivity contribution in [2.24, 2.45) is 7.05 Å². The van der Waals surface area contributed by atoms with Gasteiger partial charge in [-0.25, -0.2) is 9.37 Å². The van der Waals surface area contributed by atoms with Crippen LogP contribution in [-0.2, 0) is 13.5 Å². The van der Waals surface area contributed by atoms with Crippen molar-refractivity contribution in [3.63, 3.8) is 0 Å². The Hall–Kier alpha value is -1.62. The molecule has 2 aromatic rings. The molecular formula is C11H12ClFN4. The van der Waals surface area contributed by atoms with E-state index in [4.69, 9.17) is 11.6 Å². The van der Waals surface area contributed by atoms with Crippen molar-refractivity contribution in [1.29, 1.82) is 0 Å². The summed E-state index contributed by atoms with van der Waals surface area (Å²) >= 11 is 5.64. The first kappa shape index (κ1) is 11.9. The standard InChI is InChI=1S/C11H12ClFN4/c1-3-9-10(6-17(2)16-9)15-11-8(13)4-7(12)5-14-11/h4-6H,3H2,1-2H3,(H,14,15). The molecule has 6 heteroatoms. The molecule has 90 valence electrons. The van der Waals surface area contributed by atoms with Crippen LogP contribution >= 0.6 is 11.6 Å². The maximum atomic E-state index is 13.5. The number of anilines is 2. The Labute approximate surface area is 103 Å². The fourth-order valence-electron chi connectivity index (χ4n) is 1.53. The number of nitrogens with zero attached hydrogens (tertiary/aromatic N) is 3. The highest BCUT2D eigenvalue weighted by molar-refractivity contribution is 6.30. The number of halogens is 2. The Bertz CT molecular complexity index is 538. The van der Waals surface area contributed by atoms with E-state index >= 15 is 0 Å². The second-order valence-corrected chi connectivity index (χ2v) is 4.06. The molecule has 0 spiro atoms. The first-order valence-corrected chi connectivity index (χ1v) is 5.58. The predicted octanol–water partition coefficient (Wildman–Crippen LogP) is 2.91. The predicted molar refractivity (Wildman–Crippen MR) is 65.1 cm³/mol. The van der Waals surface area contributed by atoms with Gasteiger partial charge >= 0.3 is 0 Å². The fourth-order valence-corrected chi connectivity index (χ4v) is 1.68. The Morgan fingerprint density at radius 2 is 2.29 bits per heavy atom. The molecule has 0 saturated carbocycles. The third-order valence-corrected chi connectivity index (χ3v) is 2.51. The van der Waals surface area contributed by atoms with Gasteiger partial charge in [-0.2, -0.15) is 5.10 Å². The lowest BCUT2D eigenvalue weighted by molar-refractivity contribution is 0.626. The van der Waals surface area contributed by atoms with E-state index in [-0.39, 0.29) is 10.8 Å². The van der Waals surface area contributed by atoms with Crippen LogP contribution in [0.15, 0.2) is 18.5 Å². The topological polar surface area (TPSA) is 42.7 Å². The summed E-state index contributed by atoms with van der Waals surface area (Å²) in [6.07, 6.45) is 3.95. The SMILES string of the molecule is CCc1nn(C)cc1Nc1ncc(Cl)cc1F. The van der Waals surface area contributed by atoms with Gasteiger partial charge < -0.3 is 5.32 Å². The molecule has 17 heavy (non-hydrogen) atoms. The summed E-state index contributed by atoms with van der Waals surface area (Å²) in [7, 11) is 1.82. The molecule has 0 fully saturated rings. The van der Waals surface area contributed by atoms with Crippen LogP contribution in [0.2, 0.25) is 5.02 Å². The highest BCUT2D eigenvalue weighted by Crippen LogP contribution is 2.22. The second kappa shape index (κ2) is 4.71. The number of aryl methyl sites for hydroxylation is 2. The van der Waals surface area contributed by atoms with Crippen LogP contribution < -0.4 is 5.32 Å². The molecule has 0 amide bonds. The molecular weight excluding hydrogens is 243 g/mol. The van der Waals surface area contributed by atoms with Crippen LogP contribution in [0.3, 0.4) is 0 Å². The lowest BCUT2D eigenvalue weighted by atomic mass is 10.3. The zero-order valence-electron chi connectivity index (χ0n) is 9.54. The zero-order valence-corrected chi connectivity index (χ0v) is 10.3. The number of hydrogen-bond donors (Lipinski definition) is 1. The van der Waals surface area contributed by atoms with E-state index in [1.807, 2.05) is 14.0 Å². The number of nitrogens with one attached hydrogen (secondary N) is 1. The van der Waals surface area contributed by atoms with Gasteiger partial charge in [0, 0.05) is 19.4 Å². The summed E-state index contributed by atoms with van der Waals surface area (Å²) in [6.45, 7) is 1.99. The summed E-state index contributed by atoms with van der Waals surface area (Å²) in [5, 5.41) is 7.44. The monoisotopic (exact) mass is 254 g/mol. The zero-order chi connectivity index (χ0) is 12.4. The average molecular weight is 255 g/mol. The lowest BCUT2D eigenvalue weighted by Gasteiger charge is -2.05. The fraction of sp³-hybridized carbons (Fsp3) is 0.273. The normalized spacial score (nSPS) is 10.6. The summed E-state index contributed by atoms with van der Waals surface area (Å²) in [4.78, 5) is 3.90. The van der Waals surface area contributed by atoms with Crippen molar-refractivity contribution < 1.29 is 4.39 Å². The molecule has 2 rings (SSSR count). The Morgan fingerprint density at radius 1 is 1.53 bits per heavy atom. The van der Waals surface area contributed by atoms with Crippen molar-refractivity contribution in [3.8, 4) is 0 Å². The van der Waals surface area contributed by atoms with Crippen LogP contribution in [0.5, 0.6) is 0 Å². The smallest absolute Gasteiger partial charge is 0.167 e. The maximum Gasteiger partial charge on any atom is 0.167 e. The van der Waals surface area contributed by atoms with Gasteiger partial charge in [-0.1, -0.05) is 18.5 Å². The van der Waals surface area contributed by atoms with Gasteiger partial charge in [-0.05, 0) is 12.5 Å². The van der Waals surface area contributed by atoms with E-state index in [9.17, 15) is 4.39 Å². The van der Waals surface area contributed by atoms with Gasteiger partial charge in [0.15, 0.2) is 11.6 Å². The van der Waals surface area contributed by atoms with E-state index in [0.717, 1.165) is 17.8 Å². The van der Waals surface area contributed by atoms with Gasteiger partial charge in [-0.3, -0.25) is 4.68 Å². The van der Waals surface area contributed by atoms with E-state index in [0.29, 0.717) is 0 Å². The summed E-state index contributed by atoms with van der Waals surface area (Å²) in [5.41, 5.74) is 1.62. The van der Waals surface area contributed by atoms with Crippen LogP contribution in [0, 0.1) is 5.82 Å². The third-order valence-electron chi connectivity index (χ3n) is 2.30. The third kappa shape index (κ3) is 2.55. The van der Waals surface area contributed by atoms with Crippen LogP contribution in [0.25, 0.3) is 0 Å². The quantitative estimate of drug-likeness (QED) is 0.916. The number of pyridine rings is 1. The van der Waals surface area contributed by atoms with Gasteiger partial charge in [0.2, 0.25) is 0 Å². The summed E-state index contributed by atoms with van der Waals surface area (Å²) in [6, 6.07) is 1.22. The molecule has 0 aromatic carbocycles. The van der Waals surface area contributed by atoms with Gasteiger partial charge in [0.05, 0.1) is 16.4 Å². The van der Waals surface area contributed by atoms with E-state index in [1.165, 1.54) is 12.3 Å². The lowest BCUT2D eigenvalue weighted by Crippen LogP contribution is -1.98. The minimum atomic E-state index is -0.483. The van der Waals surface area contributed by atoms with Crippen molar-refractivity contribution in [3.05, 3.63) is 35.0 Å². The molecule has 0 unspecified atom stereocenters. The highest BCUT2D eigenvalue weighted by atomic mass is 35.5. The molecule has 0 saturated heterocycles. The van der Waals surface area contributed by atoms with Gasteiger partial charge in [0.1, 0.15) is 0 Å². The van der Waals surface area contributed by atoms with Gasteiger partial charge in [0.25, 0.3) is 0 Å². The molecule has 0 bridgehead atoms. The van der Waals surface area contributed by atoms with Crippen LogP contribution in [0.1, 0.15) is 12.6 Å². The number of aromatic nitrogens is 3. The molecule has 2 aromatic heterocycles. The molecule has 2 heterocycles. The highest BCUT2D eigenvalue weighted by Gasteiger charge is 2.10. The molecule has 0 aliphatic rings. The van der Waals surface area contributed by atoms with Crippen molar-refractivity contribution in [1.82, 2.24) is 14.8 Å². The molecule has 4 nitrogen and oxygen atoms in total. The molecule has 0 radical (unpaired) electrons.